The minimum Gasteiger partial charge on any atom is -0.444 e. The molecular weight excluding hydrogens is 603 g/mol. The average Bonchev–Trinajstić information content (AvgIpc) is 3.42. The molecule has 1 amide bonds. The number of carbonyl (C=O) groups is 1. The van der Waals surface area contributed by atoms with Crippen LogP contribution in [0.3, 0.4) is 0 Å². The van der Waals surface area contributed by atoms with E-state index in [2.05, 4.69) is 79.3 Å². The molecule has 5 rings (SSSR count). The number of amides is 1. The second kappa shape index (κ2) is 12.2. The third kappa shape index (κ3) is 6.33. The number of hydrogen-bond acceptors (Lipinski definition) is 6. The summed E-state index contributed by atoms with van der Waals surface area (Å²) in [6.45, 7) is 12.9. The fourth-order valence-corrected chi connectivity index (χ4v) is 10.7. The lowest BCUT2D eigenvalue weighted by Crippen LogP contribution is -2.68. The molecule has 2 aromatic carbocycles. The summed E-state index contributed by atoms with van der Waals surface area (Å²) in [6, 6.07) is 20.4. The Labute approximate surface area is 264 Å². The molecule has 4 aromatic rings. The predicted molar refractivity (Wildman–Crippen MR) is 172 cm³/mol. The summed E-state index contributed by atoms with van der Waals surface area (Å²) < 4.78 is 21.2. The van der Waals surface area contributed by atoms with Gasteiger partial charge in [0, 0.05) is 0 Å². The Balaban J connectivity index is 1.50. The highest BCUT2D eigenvalue weighted by Gasteiger charge is 2.51. The van der Waals surface area contributed by atoms with Crippen molar-refractivity contribution >= 4 is 53.5 Å². The molecule has 43 heavy (non-hydrogen) atoms. The molecule has 2 unspecified atom stereocenters. The maximum Gasteiger partial charge on any atom is 0.410 e. The SMILES string of the molecule is CC(C)(C)OC(=O)N1CC(c2ncc3c(Cl)ncc(Cl)n23)OCC1CO[Si](c1ccccc1)(c1ccccc1)C(C)(C)C. The van der Waals surface area contributed by atoms with Crippen LogP contribution in [0.5, 0.6) is 0 Å². The van der Waals surface area contributed by atoms with Gasteiger partial charge in [-0.25, -0.2) is 14.8 Å². The van der Waals surface area contributed by atoms with E-state index in [-0.39, 0.29) is 29.9 Å². The van der Waals surface area contributed by atoms with Crippen LogP contribution in [0.2, 0.25) is 15.3 Å². The van der Waals surface area contributed by atoms with Crippen molar-refractivity contribution < 1.29 is 18.7 Å². The maximum atomic E-state index is 13.7. The predicted octanol–water partition coefficient (Wildman–Crippen LogP) is 6.29. The van der Waals surface area contributed by atoms with Crippen LogP contribution in [0.15, 0.2) is 73.1 Å². The van der Waals surface area contributed by atoms with Crippen molar-refractivity contribution in [2.45, 2.75) is 64.3 Å². The summed E-state index contributed by atoms with van der Waals surface area (Å²) in [5.74, 6) is 0.532. The van der Waals surface area contributed by atoms with Crippen molar-refractivity contribution in [2.24, 2.45) is 0 Å². The van der Waals surface area contributed by atoms with Gasteiger partial charge >= 0.3 is 6.09 Å². The molecule has 0 saturated carbocycles. The molecule has 0 radical (unpaired) electrons. The maximum absolute atomic E-state index is 13.7. The van der Waals surface area contributed by atoms with E-state index in [1.165, 1.54) is 6.20 Å². The van der Waals surface area contributed by atoms with Crippen molar-refractivity contribution in [2.75, 3.05) is 19.8 Å². The molecule has 0 spiro atoms. The zero-order valence-electron chi connectivity index (χ0n) is 25.4. The Hall–Kier alpha value is -2.95. The highest BCUT2D eigenvalue weighted by molar-refractivity contribution is 6.99. The standard InChI is InChI=1S/C32H38Cl2N4O4Si/c1-31(2,3)42-30(39)37-19-26(29-36-17-25-28(34)35-18-27(33)38(25)29)40-20-22(37)21-41-43(32(4,5)6,23-13-9-7-10-14-23)24-15-11-8-12-16-24/h7-18,22,26H,19-21H2,1-6H3. The summed E-state index contributed by atoms with van der Waals surface area (Å²) in [6.07, 6.45) is 2.06. The molecular formula is C32H38Cl2N4O4Si. The summed E-state index contributed by atoms with van der Waals surface area (Å²) in [5.41, 5.74) is -0.120. The fraction of sp³-hybridized carbons (Fsp3) is 0.406. The van der Waals surface area contributed by atoms with Gasteiger partial charge in [0.15, 0.2) is 5.15 Å². The van der Waals surface area contributed by atoms with Gasteiger partial charge in [0.1, 0.15) is 28.2 Å². The van der Waals surface area contributed by atoms with E-state index in [4.69, 9.17) is 37.1 Å². The van der Waals surface area contributed by atoms with E-state index in [1.54, 1.807) is 15.5 Å². The molecule has 1 aliphatic heterocycles. The number of fused-ring (bicyclic) bond motifs is 1. The van der Waals surface area contributed by atoms with Crippen LogP contribution in [-0.2, 0) is 13.9 Å². The zero-order valence-corrected chi connectivity index (χ0v) is 27.9. The Morgan fingerprint density at radius 1 is 0.953 bits per heavy atom. The Morgan fingerprint density at radius 2 is 1.56 bits per heavy atom. The van der Waals surface area contributed by atoms with Crippen molar-refractivity contribution in [3.05, 3.63) is 89.2 Å². The zero-order chi connectivity index (χ0) is 31.0. The molecule has 2 aromatic heterocycles. The van der Waals surface area contributed by atoms with Crippen molar-refractivity contribution in [3.63, 3.8) is 0 Å². The van der Waals surface area contributed by atoms with Crippen LogP contribution in [0.1, 0.15) is 53.5 Å². The first-order valence-electron chi connectivity index (χ1n) is 14.4. The van der Waals surface area contributed by atoms with Crippen LogP contribution in [0.4, 0.5) is 4.79 Å². The quantitative estimate of drug-likeness (QED) is 0.231. The van der Waals surface area contributed by atoms with Gasteiger partial charge in [0.2, 0.25) is 0 Å². The number of aromatic nitrogens is 3. The lowest BCUT2D eigenvalue weighted by molar-refractivity contribution is -0.0830. The van der Waals surface area contributed by atoms with Gasteiger partial charge in [0.05, 0.1) is 38.2 Å². The smallest absolute Gasteiger partial charge is 0.410 e. The fourth-order valence-electron chi connectivity index (χ4n) is 5.72. The second-order valence-electron chi connectivity index (χ2n) is 12.8. The Morgan fingerprint density at radius 3 is 2.12 bits per heavy atom. The number of rotatable bonds is 6. The monoisotopic (exact) mass is 640 g/mol. The average molecular weight is 642 g/mol. The Kier molecular flexibility index (Phi) is 8.93. The third-order valence-electron chi connectivity index (χ3n) is 7.62. The van der Waals surface area contributed by atoms with Crippen molar-refractivity contribution in [1.82, 2.24) is 19.3 Å². The van der Waals surface area contributed by atoms with Gasteiger partial charge in [-0.2, -0.15) is 0 Å². The summed E-state index contributed by atoms with van der Waals surface area (Å²) in [7, 11) is -2.85. The molecule has 1 aliphatic rings. The second-order valence-corrected chi connectivity index (χ2v) is 17.8. The van der Waals surface area contributed by atoms with Gasteiger partial charge in [-0.05, 0) is 36.2 Å². The van der Waals surface area contributed by atoms with E-state index in [0.29, 0.717) is 16.5 Å². The lowest BCUT2D eigenvalue weighted by atomic mass is 10.1. The van der Waals surface area contributed by atoms with E-state index >= 15 is 0 Å². The molecule has 0 aliphatic carbocycles. The normalized spacial score (nSPS) is 18.2. The van der Waals surface area contributed by atoms with Gasteiger partial charge in [-0.3, -0.25) is 9.30 Å². The first-order chi connectivity index (χ1) is 20.3. The van der Waals surface area contributed by atoms with Gasteiger partial charge in [-0.15, -0.1) is 0 Å². The molecule has 8 nitrogen and oxygen atoms in total. The van der Waals surface area contributed by atoms with Crippen LogP contribution in [-0.4, -0.2) is 65.1 Å². The molecule has 0 bridgehead atoms. The highest BCUT2D eigenvalue weighted by atomic mass is 35.5. The summed E-state index contributed by atoms with van der Waals surface area (Å²) in [4.78, 5) is 24.1. The largest absolute Gasteiger partial charge is 0.444 e. The summed E-state index contributed by atoms with van der Waals surface area (Å²) in [5, 5.41) is 2.73. The molecule has 11 heteroatoms. The van der Waals surface area contributed by atoms with Crippen molar-refractivity contribution in [3.8, 4) is 0 Å². The number of ether oxygens (including phenoxy) is 2. The van der Waals surface area contributed by atoms with Gasteiger partial charge in [0.25, 0.3) is 8.32 Å². The topological polar surface area (TPSA) is 78.2 Å². The number of nitrogens with zero attached hydrogens (tertiary/aromatic N) is 4. The number of morpholine rings is 1. The number of hydrogen-bond donors (Lipinski definition) is 0. The Bertz CT molecular complexity index is 1530. The molecule has 2 atom stereocenters. The van der Waals surface area contributed by atoms with Gasteiger partial charge in [-0.1, -0.05) is 105 Å². The summed E-state index contributed by atoms with van der Waals surface area (Å²) >= 11 is 12.8. The highest BCUT2D eigenvalue weighted by Crippen LogP contribution is 2.38. The molecule has 228 valence electrons. The van der Waals surface area contributed by atoms with Crippen LogP contribution in [0.25, 0.3) is 5.52 Å². The number of halogens is 2. The lowest BCUT2D eigenvalue weighted by Gasteiger charge is -2.45. The van der Waals surface area contributed by atoms with E-state index in [9.17, 15) is 4.79 Å². The van der Waals surface area contributed by atoms with E-state index in [0.717, 1.165) is 10.4 Å². The molecule has 1 fully saturated rings. The molecule has 0 N–H and O–H groups in total. The minimum absolute atomic E-state index is 0.194. The number of benzene rings is 2. The number of carbonyl (C=O) groups excluding carboxylic acids is 1. The van der Waals surface area contributed by atoms with Crippen LogP contribution >= 0.6 is 23.2 Å². The van der Waals surface area contributed by atoms with E-state index < -0.39 is 32.2 Å². The molecule has 1 saturated heterocycles. The minimum atomic E-state index is -2.85. The van der Waals surface area contributed by atoms with E-state index in [1.807, 2.05) is 32.9 Å². The van der Waals surface area contributed by atoms with Crippen molar-refractivity contribution in [1.29, 1.82) is 0 Å². The number of imidazole rings is 1. The first kappa shape index (κ1) is 31.5. The van der Waals surface area contributed by atoms with Crippen LogP contribution in [0, 0.1) is 0 Å². The third-order valence-corrected chi connectivity index (χ3v) is 13.2. The molecule has 3 heterocycles. The van der Waals surface area contributed by atoms with Gasteiger partial charge < -0.3 is 13.9 Å². The first-order valence-corrected chi connectivity index (χ1v) is 17.0. The van der Waals surface area contributed by atoms with Crippen LogP contribution < -0.4 is 10.4 Å².